The van der Waals surface area contributed by atoms with Crippen LogP contribution >= 0.6 is 16.1 Å². The zero-order valence-electron chi connectivity index (χ0n) is 10.7. The fourth-order valence-electron chi connectivity index (χ4n) is 2.48. The number of carbonyl (C=O) groups excluding carboxylic acids is 1. The summed E-state index contributed by atoms with van der Waals surface area (Å²) in [4.78, 5) is 11.6. The molecule has 1 aromatic rings. The Morgan fingerprint density at radius 3 is 2.61 bits per heavy atom. The highest BCUT2D eigenvalue weighted by molar-refractivity contribution is 9.07. The topological polar surface area (TPSA) is 29.5 Å². The van der Waals surface area contributed by atoms with Crippen LogP contribution in [0.15, 0.2) is 30.3 Å². The lowest BCUT2D eigenvalue weighted by molar-refractivity contribution is -0.159. The summed E-state index contributed by atoms with van der Waals surface area (Å²) in [6.07, 6.45) is 1.69. The number of halogens is 1. The summed E-state index contributed by atoms with van der Waals surface area (Å²) in [5, 5.41) is 0. The molecule has 0 atom stereocenters. The first kappa shape index (κ1) is 13.6. The SMILES string of the molecule is COC(=O)C1(C)CC(N(Br)Cc2ccccc2)C1. The molecule has 1 fully saturated rings. The van der Waals surface area contributed by atoms with Crippen molar-refractivity contribution in [3.63, 3.8) is 0 Å². The van der Waals surface area contributed by atoms with E-state index in [0.717, 1.165) is 19.4 Å². The Morgan fingerprint density at radius 1 is 1.44 bits per heavy atom. The number of rotatable bonds is 4. The first-order valence-corrected chi connectivity index (χ1v) is 6.81. The lowest BCUT2D eigenvalue weighted by Crippen LogP contribution is -2.50. The minimum absolute atomic E-state index is 0.0978. The number of carbonyl (C=O) groups is 1. The van der Waals surface area contributed by atoms with Crippen LogP contribution in [0.3, 0.4) is 0 Å². The normalized spacial score (nSPS) is 26.8. The molecule has 98 valence electrons. The maximum absolute atomic E-state index is 11.6. The van der Waals surface area contributed by atoms with Crippen molar-refractivity contribution in [2.75, 3.05) is 7.11 Å². The molecular weight excluding hydrogens is 294 g/mol. The highest BCUT2D eigenvalue weighted by atomic mass is 79.9. The highest BCUT2D eigenvalue weighted by Gasteiger charge is 2.48. The van der Waals surface area contributed by atoms with Crippen LogP contribution in [0.5, 0.6) is 0 Å². The first-order valence-electron chi connectivity index (χ1n) is 6.10. The molecule has 1 saturated carbocycles. The largest absolute Gasteiger partial charge is 0.469 e. The Hall–Kier alpha value is -0.870. The molecule has 4 heteroatoms. The molecule has 0 heterocycles. The van der Waals surface area contributed by atoms with E-state index in [9.17, 15) is 4.79 Å². The van der Waals surface area contributed by atoms with Gasteiger partial charge in [0, 0.05) is 28.7 Å². The van der Waals surface area contributed by atoms with Crippen molar-refractivity contribution in [3.05, 3.63) is 35.9 Å². The van der Waals surface area contributed by atoms with E-state index in [4.69, 9.17) is 4.74 Å². The maximum atomic E-state index is 11.6. The van der Waals surface area contributed by atoms with Crippen molar-refractivity contribution in [1.82, 2.24) is 3.93 Å². The van der Waals surface area contributed by atoms with Crippen LogP contribution in [0, 0.1) is 5.41 Å². The predicted octanol–water partition coefficient (Wildman–Crippen LogP) is 3.14. The van der Waals surface area contributed by atoms with Gasteiger partial charge in [0.05, 0.1) is 12.5 Å². The Morgan fingerprint density at radius 2 is 2.06 bits per heavy atom. The second-order valence-corrected chi connectivity index (χ2v) is 6.07. The van der Waals surface area contributed by atoms with Crippen LogP contribution in [0.4, 0.5) is 0 Å². The molecule has 1 aromatic carbocycles. The summed E-state index contributed by atoms with van der Waals surface area (Å²) in [7, 11) is 1.46. The van der Waals surface area contributed by atoms with Gasteiger partial charge in [-0.15, -0.1) is 0 Å². The van der Waals surface area contributed by atoms with E-state index in [-0.39, 0.29) is 11.4 Å². The van der Waals surface area contributed by atoms with Crippen LogP contribution < -0.4 is 0 Å². The standard InChI is InChI=1S/C14H18BrNO2/c1-14(13(17)18-2)8-12(9-14)16(15)10-11-6-4-3-5-7-11/h3-7,12H,8-10H2,1-2H3. The molecule has 1 aliphatic carbocycles. The molecule has 0 aromatic heterocycles. The van der Waals surface area contributed by atoms with Gasteiger partial charge in [0.25, 0.3) is 0 Å². The molecule has 0 unspecified atom stereocenters. The van der Waals surface area contributed by atoms with Gasteiger partial charge in [-0.25, -0.2) is 3.93 Å². The van der Waals surface area contributed by atoms with Crippen molar-refractivity contribution in [2.24, 2.45) is 5.41 Å². The molecule has 0 amide bonds. The Labute approximate surface area is 116 Å². The van der Waals surface area contributed by atoms with Gasteiger partial charge >= 0.3 is 5.97 Å². The quantitative estimate of drug-likeness (QED) is 0.632. The van der Waals surface area contributed by atoms with Crippen LogP contribution in [0.2, 0.25) is 0 Å². The molecule has 0 bridgehead atoms. The van der Waals surface area contributed by atoms with Crippen LogP contribution in [0.25, 0.3) is 0 Å². The smallest absolute Gasteiger partial charge is 0.311 e. The first-order chi connectivity index (χ1) is 8.55. The summed E-state index contributed by atoms with van der Waals surface area (Å²) in [6, 6.07) is 10.7. The second-order valence-electron chi connectivity index (χ2n) is 5.16. The van der Waals surface area contributed by atoms with Gasteiger partial charge in [0.1, 0.15) is 0 Å². The highest BCUT2D eigenvalue weighted by Crippen LogP contribution is 2.45. The minimum atomic E-state index is -0.303. The Bertz CT molecular complexity index is 415. The number of ether oxygens (including phenoxy) is 1. The average molecular weight is 312 g/mol. The summed E-state index contributed by atoms with van der Waals surface area (Å²) >= 11 is 3.60. The maximum Gasteiger partial charge on any atom is 0.311 e. The van der Waals surface area contributed by atoms with E-state index in [1.807, 2.05) is 25.1 Å². The third-order valence-corrected chi connectivity index (χ3v) is 4.45. The molecule has 0 spiro atoms. The average Bonchev–Trinajstić information content (AvgIpc) is 2.35. The third kappa shape index (κ3) is 2.75. The van der Waals surface area contributed by atoms with Crippen LogP contribution in [-0.4, -0.2) is 23.0 Å². The van der Waals surface area contributed by atoms with Crippen LogP contribution in [-0.2, 0) is 16.1 Å². The lowest BCUT2D eigenvalue weighted by Gasteiger charge is -2.45. The van der Waals surface area contributed by atoms with Gasteiger partial charge in [-0.3, -0.25) is 4.79 Å². The number of hydrogen-bond donors (Lipinski definition) is 0. The number of hydrogen-bond acceptors (Lipinski definition) is 3. The fourth-order valence-corrected chi connectivity index (χ4v) is 3.06. The number of nitrogens with zero attached hydrogens (tertiary/aromatic N) is 1. The summed E-state index contributed by atoms with van der Waals surface area (Å²) in [6.45, 7) is 2.82. The van der Waals surface area contributed by atoms with Gasteiger partial charge in [-0.1, -0.05) is 30.3 Å². The molecule has 0 N–H and O–H groups in total. The summed E-state index contributed by atoms with van der Waals surface area (Å²) < 4.78 is 6.96. The molecule has 0 saturated heterocycles. The van der Waals surface area contributed by atoms with Crippen molar-refractivity contribution < 1.29 is 9.53 Å². The van der Waals surface area contributed by atoms with Gasteiger partial charge < -0.3 is 4.74 Å². The van der Waals surface area contributed by atoms with Gasteiger partial charge in [0.2, 0.25) is 0 Å². The van der Waals surface area contributed by atoms with E-state index in [1.165, 1.54) is 12.7 Å². The van der Waals surface area contributed by atoms with Crippen molar-refractivity contribution in [3.8, 4) is 0 Å². The molecule has 3 nitrogen and oxygen atoms in total. The monoisotopic (exact) mass is 311 g/mol. The van der Waals surface area contributed by atoms with E-state index >= 15 is 0 Å². The molecule has 2 rings (SSSR count). The number of benzene rings is 1. The van der Waals surface area contributed by atoms with Crippen molar-refractivity contribution >= 4 is 22.1 Å². The summed E-state index contributed by atoms with van der Waals surface area (Å²) in [5.74, 6) is -0.0978. The fraction of sp³-hybridized carbons (Fsp3) is 0.500. The molecule has 18 heavy (non-hydrogen) atoms. The van der Waals surface area contributed by atoms with E-state index in [1.54, 1.807) is 0 Å². The van der Waals surface area contributed by atoms with E-state index in [2.05, 4.69) is 32.2 Å². The third-order valence-electron chi connectivity index (χ3n) is 3.62. The van der Waals surface area contributed by atoms with Gasteiger partial charge in [0.15, 0.2) is 0 Å². The zero-order chi connectivity index (χ0) is 13.2. The van der Waals surface area contributed by atoms with E-state index < -0.39 is 0 Å². The van der Waals surface area contributed by atoms with Crippen molar-refractivity contribution in [2.45, 2.75) is 32.4 Å². The molecule has 0 radical (unpaired) electrons. The van der Waals surface area contributed by atoms with E-state index in [0.29, 0.717) is 6.04 Å². The predicted molar refractivity (Wildman–Crippen MR) is 74.1 cm³/mol. The molecule has 1 aliphatic rings. The minimum Gasteiger partial charge on any atom is -0.469 e. The Kier molecular flexibility index (Phi) is 4.07. The molecule has 0 aliphatic heterocycles. The second kappa shape index (κ2) is 5.41. The van der Waals surface area contributed by atoms with Gasteiger partial charge in [-0.2, -0.15) is 0 Å². The number of esters is 1. The number of methoxy groups -OCH3 is 1. The molecular formula is C14H18BrNO2. The van der Waals surface area contributed by atoms with Crippen LogP contribution in [0.1, 0.15) is 25.3 Å². The van der Waals surface area contributed by atoms with Crippen molar-refractivity contribution in [1.29, 1.82) is 0 Å². The Balaban J connectivity index is 1.87. The van der Waals surface area contributed by atoms with Gasteiger partial charge in [-0.05, 0) is 25.3 Å². The summed E-state index contributed by atoms with van der Waals surface area (Å²) in [5.41, 5.74) is 0.961. The lowest BCUT2D eigenvalue weighted by atomic mass is 9.67. The zero-order valence-corrected chi connectivity index (χ0v) is 12.3.